The molecule has 0 bridgehead atoms. The van der Waals surface area contributed by atoms with Gasteiger partial charge in [-0.2, -0.15) is 0 Å². The van der Waals surface area contributed by atoms with Gasteiger partial charge in [0.2, 0.25) is 0 Å². The molecule has 0 saturated carbocycles. The Kier molecular flexibility index (Phi) is 6.24. The predicted molar refractivity (Wildman–Crippen MR) is 93.2 cm³/mol. The van der Waals surface area contributed by atoms with Gasteiger partial charge in [0, 0.05) is 23.2 Å². The van der Waals surface area contributed by atoms with Gasteiger partial charge in [0.25, 0.3) is 0 Å². The van der Waals surface area contributed by atoms with Gasteiger partial charge in [-0.05, 0) is 49.2 Å². The lowest BCUT2D eigenvalue weighted by atomic mass is 10.2. The van der Waals surface area contributed by atoms with Gasteiger partial charge in [0.1, 0.15) is 0 Å². The third-order valence-electron chi connectivity index (χ3n) is 3.10. The van der Waals surface area contributed by atoms with Gasteiger partial charge in [-0.25, -0.2) is 0 Å². The van der Waals surface area contributed by atoms with Crippen molar-refractivity contribution < 1.29 is 0 Å². The van der Waals surface area contributed by atoms with Crippen LogP contribution in [0.15, 0.2) is 30.5 Å². The third-order valence-corrected chi connectivity index (χ3v) is 4.07. The maximum absolute atomic E-state index is 4.20. The van der Waals surface area contributed by atoms with E-state index in [1.807, 2.05) is 19.2 Å². The van der Waals surface area contributed by atoms with Crippen molar-refractivity contribution in [2.45, 2.75) is 39.5 Å². The second kappa shape index (κ2) is 8.44. The molecular weight excluding hydrogens is 274 g/mol. The molecule has 2 heterocycles. The maximum atomic E-state index is 4.20. The van der Waals surface area contributed by atoms with E-state index in [-0.39, 0.29) is 0 Å². The van der Waals surface area contributed by atoms with Gasteiger partial charge < -0.3 is 0 Å². The average molecular weight is 295 g/mol. The number of aromatic nitrogens is 1. The number of unbranched alkanes of at least 4 members (excludes halogenated alkanes) is 3. The van der Waals surface area contributed by atoms with Gasteiger partial charge in [-0.1, -0.05) is 37.7 Å². The van der Waals surface area contributed by atoms with Crippen molar-refractivity contribution in [2.24, 2.45) is 0 Å². The molecule has 1 nitrogen and oxygen atoms in total. The number of thiophene rings is 1. The minimum absolute atomic E-state index is 1.01. The summed E-state index contributed by atoms with van der Waals surface area (Å²) in [5, 5.41) is 0. The van der Waals surface area contributed by atoms with E-state index < -0.39 is 0 Å². The number of aryl methyl sites for hydroxylation is 1. The molecule has 21 heavy (non-hydrogen) atoms. The molecule has 0 aliphatic rings. The Balaban J connectivity index is 1.93. The van der Waals surface area contributed by atoms with E-state index in [2.05, 4.69) is 54.1 Å². The molecule has 0 spiro atoms. The van der Waals surface area contributed by atoms with Crippen LogP contribution in [0.4, 0.5) is 0 Å². The summed E-state index contributed by atoms with van der Waals surface area (Å²) >= 11 is 1.74. The van der Waals surface area contributed by atoms with E-state index >= 15 is 0 Å². The van der Waals surface area contributed by atoms with Crippen molar-refractivity contribution in [1.82, 2.24) is 4.98 Å². The highest BCUT2D eigenvalue weighted by Gasteiger charge is 1.94. The Hall–Kier alpha value is -1.85. The highest BCUT2D eigenvalue weighted by molar-refractivity contribution is 7.13. The topological polar surface area (TPSA) is 12.9 Å². The molecule has 2 aromatic heterocycles. The average Bonchev–Trinajstić information content (AvgIpc) is 2.93. The number of hydrogen-bond acceptors (Lipinski definition) is 2. The summed E-state index contributed by atoms with van der Waals surface area (Å²) in [6, 6.07) is 8.34. The fraction of sp³-hybridized carbons (Fsp3) is 0.316. The van der Waals surface area contributed by atoms with Crippen LogP contribution in [0.25, 0.3) is 12.2 Å². The fourth-order valence-electron chi connectivity index (χ4n) is 1.97. The number of hydrogen-bond donors (Lipinski definition) is 0. The van der Waals surface area contributed by atoms with Crippen molar-refractivity contribution in [2.75, 3.05) is 0 Å². The first-order chi connectivity index (χ1) is 10.3. The molecule has 108 valence electrons. The molecule has 2 aromatic rings. The van der Waals surface area contributed by atoms with E-state index in [4.69, 9.17) is 0 Å². The predicted octanol–water partition coefficient (Wildman–Crippen LogP) is 5.55. The second-order valence-electron chi connectivity index (χ2n) is 5.02. The molecule has 0 aromatic carbocycles. The van der Waals surface area contributed by atoms with Crippen LogP contribution in [0.5, 0.6) is 0 Å². The van der Waals surface area contributed by atoms with E-state index in [0.29, 0.717) is 0 Å². The number of nitrogens with zero attached hydrogens (tertiary/aromatic N) is 1. The van der Waals surface area contributed by atoms with E-state index in [1.54, 1.807) is 11.3 Å². The van der Waals surface area contributed by atoms with Crippen LogP contribution in [0.2, 0.25) is 0 Å². The van der Waals surface area contributed by atoms with Crippen LogP contribution in [-0.2, 0) is 0 Å². The first-order valence-corrected chi connectivity index (χ1v) is 8.29. The van der Waals surface area contributed by atoms with Crippen molar-refractivity contribution >= 4 is 23.5 Å². The van der Waals surface area contributed by atoms with Crippen LogP contribution in [0, 0.1) is 18.8 Å². The molecule has 0 amide bonds. The Labute approximate surface area is 131 Å². The minimum Gasteiger partial charge on any atom is -0.262 e. The van der Waals surface area contributed by atoms with Gasteiger partial charge in [-0.3, -0.25) is 4.98 Å². The Morgan fingerprint density at radius 1 is 1.19 bits per heavy atom. The SMILES string of the molecule is CCCCCC#Cc1ccc(/C=C/c2ccnc(C)c2)s1. The Morgan fingerprint density at radius 3 is 2.90 bits per heavy atom. The van der Waals surface area contributed by atoms with Crippen molar-refractivity contribution in [3.05, 3.63) is 51.5 Å². The van der Waals surface area contributed by atoms with E-state index in [0.717, 1.165) is 17.0 Å². The van der Waals surface area contributed by atoms with Gasteiger partial charge in [0.15, 0.2) is 0 Å². The Bertz CT molecular complexity index is 655. The van der Waals surface area contributed by atoms with Crippen LogP contribution >= 0.6 is 11.3 Å². The first kappa shape index (κ1) is 15.5. The molecule has 0 saturated heterocycles. The van der Waals surface area contributed by atoms with Crippen LogP contribution in [0.3, 0.4) is 0 Å². The highest BCUT2D eigenvalue weighted by atomic mass is 32.1. The Morgan fingerprint density at radius 2 is 2.10 bits per heavy atom. The monoisotopic (exact) mass is 295 g/mol. The summed E-state index contributed by atoms with van der Waals surface area (Å²) in [5.41, 5.74) is 2.23. The summed E-state index contributed by atoms with van der Waals surface area (Å²) in [4.78, 5) is 6.59. The van der Waals surface area contributed by atoms with Gasteiger partial charge >= 0.3 is 0 Å². The maximum Gasteiger partial charge on any atom is 0.0774 e. The lowest BCUT2D eigenvalue weighted by Crippen LogP contribution is -1.79. The molecule has 0 radical (unpaired) electrons. The lowest BCUT2D eigenvalue weighted by molar-refractivity contribution is 0.737. The molecular formula is C19H21NS. The summed E-state index contributed by atoms with van der Waals surface area (Å²) in [5.74, 6) is 6.52. The minimum atomic E-state index is 1.01. The smallest absolute Gasteiger partial charge is 0.0774 e. The molecule has 2 rings (SSSR count). The molecule has 0 fully saturated rings. The third kappa shape index (κ3) is 5.57. The number of rotatable bonds is 5. The van der Waals surface area contributed by atoms with E-state index in [9.17, 15) is 0 Å². The first-order valence-electron chi connectivity index (χ1n) is 7.47. The second-order valence-corrected chi connectivity index (χ2v) is 6.14. The highest BCUT2D eigenvalue weighted by Crippen LogP contribution is 2.18. The quantitative estimate of drug-likeness (QED) is 0.520. The van der Waals surface area contributed by atoms with Crippen molar-refractivity contribution in [3.8, 4) is 11.8 Å². The number of pyridine rings is 1. The molecule has 0 unspecified atom stereocenters. The van der Waals surface area contributed by atoms with Crippen molar-refractivity contribution in [3.63, 3.8) is 0 Å². The normalized spacial score (nSPS) is 10.6. The zero-order valence-corrected chi connectivity index (χ0v) is 13.5. The summed E-state index contributed by atoms with van der Waals surface area (Å²) in [6.07, 6.45) is 10.9. The van der Waals surface area contributed by atoms with Crippen LogP contribution in [0.1, 0.15) is 53.6 Å². The van der Waals surface area contributed by atoms with Crippen molar-refractivity contribution in [1.29, 1.82) is 0 Å². The summed E-state index contributed by atoms with van der Waals surface area (Å²) < 4.78 is 0. The lowest BCUT2D eigenvalue weighted by Gasteiger charge is -1.93. The molecule has 0 atom stereocenters. The zero-order chi connectivity index (χ0) is 14.9. The summed E-state index contributed by atoms with van der Waals surface area (Å²) in [7, 11) is 0. The van der Waals surface area contributed by atoms with Gasteiger partial charge in [-0.15, -0.1) is 11.3 Å². The largest absolute Gasteiger partial charge is 0.262 e. The van der Waals surface area contributed by atoms with Gasteiger partial charge in [0.05, 0.1) is 4.88 Å². The zero-order valence-electron chi connectivity index (χ0n) is 12.7. The fourth-order valence-corrected chi connectivity index (χ4v) is 2.76. The standard InChI is InChI=1S/C19H21NS/c1-3-4-5-6-7-8-18-11-12-19(21-18)10-9-17-13-14-20-16(2)15-17/h9-15H,3-6H2,1-2H3/b10-9+. The molecule has 2 heteroatoms. The van der Waals surface area contributed by atoms with E-state index in [1.165, 1.54) is 29.7 Å². The molecule has 0 N–H and O–H groups in total. The summed E-state index contributed by atoms with van der Waals surface area (Å²) in [6.45, 7) is 4.23. The molecule has 0 aliphatic heterocycles. The van der Waals surface area contributed by atoms with Crippen LogP contribution < -0.4 is 0 Å². The van der Waals surface area contributed by atoms with Crippen LogP contribution in [-0.4, -0.2) is 4.98 Å². The molecule has 0 aliphatic carbocycles.